The number of aromatic hydroxyl groups is 1. The molecule has 4 rings (SSSR count). The molecule has 0 aliphatic carbocycles. The summed E-state index contributed by atoms with van der Waals surface area (Å²) in [4.78, 5) is 23.2. The minimum Gasteiger partial charge on any atom is -0.507 e. The lowest BCUT2D eigenvalue weighted by molar-refractivity contribution is 0.0943. The zero-order valence-electron chi connectivity index (χ0n) is 15.7. The topological polar surface area (TPSA) is 106 Å². The first-order valence-electron chi connectivity index (χ1n) is 9.04. The van der Waals surface area contributed by atoms with Crippen molar-refractivity contribution in [3.63, 3.8) is 0 Å². The molecule has 2 aromatic rings. The van der Waals surface area contributed by atoms with Gasteiger partial charge in [0.15, 0.2) is 11.5 Å². The maximum Gasteiger partial charge on any atom is 0.255 e. The molecule has 9 nitrogen and oxygen atoms in total. The number of amides is 1. The van der Waals surface area contributed by atoms with Crippen LogP contribution in [0.25, 0.3) is 0 Å². The van der Waals surface area contributed by atoms with Gasteiger partial charge in [-0.2, -0.15) is 0 Å². The second kappa shape index (κ2) is 7.51. The first-order valence-corrected chi connectivity index (χ1v) is 9.04. The fourth-order valence-electron chi connectivity index (χ4n) is 3.53. The van der Waals surface area contributed by atoms with Crippen LogP contribution < -0.4 is 19.7 Å². The van der Waals surface area contributed by atoms with Crippen molar-refractivity contribution in [3.05, 3.63) is 35.8 Å². The number of carbonyl (C=O) groups excluding carboxylic acids is 1. The lowest BCUT2D eigenvalue weighted by Gasteiger charge is -2.25. The zero-order chi connectivity index (χ0) is 19.7. The Morgan fingerprint density at radius 2 is 2.11 bits per heavy atom. The van der Waals surface area contributed by atoms with E-state index in [4.69, 9.17) is 14.2 Å². The Labute approximate surface area is 162 Å². The number of phenols is 1. The predicted octanol–water partition coefficient (Wildman–Crippen LogP) is 1.24. The molecule has 2 aliphatic rings. The van der Waals surface area contributed by atoms with Crippen LogP contribution in [0.1, 0.15) is 22.5 Å². The van der Waals surface area contributed by atoms with Crippen molar-refractivity contribution in [2.24, 2.45) is 0 Å². The highest BCUT2D eigenvalue weighted by Crippen LogP contribution is 2.37. The number of benzene rings is 1. The molecule has 2 N–H and O–H groups in total. The summed E-state index contributed by atoms with van der Waals surface area (Å²) in [6.07, 6.45) is 2.34. The van der Waals surface area contributed by atoms with Crippen molar-refractivity contribution >= 4 is 11.7 Å². The Morgan fingerprint density at radius 1 is 1.32 bits per heavy atom. The maximum atomic E-state index is 12.6. The predicted molar refractivity (Wildman–Crippen MR) is 99.9 cm³/mol. The van der Waals surface area contributed by atoms with E-state index < -0.39 is 0 Å². The van der Waals surface area contributed by atoms with Crippen molar-refractivity contribution < 1.29 is 24.1 Å². The largest absolute Gasteiger partial charge is 0.507 e. The van der Waals surface area contributed by atoms with Gasteiger partial charge in [-0.25, -0.2) is 9.97 Å². The maximum absolute atomic E-state index is 12.6. The quantitative estimate of drug-likeness (QED) is 0.791. The van der Waals surface area contributed by atoms with E-state index in [1.807, 2.05) is 13.0 Å². The molecule has 0 radical (unpaired) electrons. The third-order valence-corrected chi connectivity index (χ3v) is 5.03. The molecule has 0 unspecified atom stereocenters. The van der Waals surface area contributed by atoms with E-state index in [9.17, 15) is 9.90 Å². The van der Waals surface area contributed by atoms with Crippen LogP contribution >= 0.6 is 0 Å². The second-order valence-electron chi connectivity index (χ2n) is 6.85. The van der Waals surface area contributed by atoms with Crippen molar-refractivity contribution in [3.8, 4) is 17.2 Å². The van der Waals surface area contributed by atoms with E-state index in [0.717, 1.165) is 17.9 Å². The first-order chi connectivity index (χ1) is 13.5. The highest BCUT2D eigenvalue weighted by Gasteiger charge is 2.33. The summed E-state index contributed by atoms with van der Waals surface area (Å²) in [7, 11) is 1.68. The van der Waals surface area contributed by atoms with E-state index in [2.05, 4.69) is 20.2 Å². The Bertz CT molecular complexity index is 891. The molecule has 0 saturated carbocycles. The molecule has 0 spiro atoms. The van der Waals surface area contributed by atoms with Crippen molar-refractivity contribution in [1.29, 1.82) is 0 Å². The molecular weight excluding hydrogens is 364 g/mol. The van der Waals surface area contributed by atoms with Gasteiger partial charge in [-0.05, 0) is 13.3 Å². The number of anilines is 1. The molecule has 148 valence electrons. The number of nitrogens with zero attached hydrogens (tertiary/aromatic N) is 3. The van der Waals surface area contributed by atoms with Crippen molar-refractivity contribution in [2.75, 3.05) is 31.9 Å². The molecule has 2 atom stereocenters. The zero-order valence-corrected chi connectivity index (χ0v) is 15.7. The average molecular weight is 386 g/mol. The number of fused-ring (bicyclic) bond motifs is 1. The summed E-state index contributed by atoms with van der Waals surface area (Å²) in [5.41, 5.74) is 1.02. The Morgan fingerprint density at radius 3 is 2.86 bits per heavy atom. The first kappa shape index (κ1) is 18.3. The highest BCUT2D eigenvalue weighted by molar-refractivity contribution is 5.97. The molecular formula is C19H22N4O5. The van der Waals surface area contributed by atoms with Crippen LogP contribution in [0.4, 0.5) is 5.82 Å². The van der Waals surface area contributed by atoms with Gasteiger partial charge in [0, 0.05) is 44.1 Å². The van der Waals surface area contributed by atoms with Gasteiger partial charge in [-0.1, -0.05) is 0 Å². The van der Waals surface area contributed by atoms with Gasteiger partial charge < -0.3 is 29.5 Å². The van der Waals surface area contributed by atoms with Crippen LogP contribution in [0.2, 0.25) is 0 Å². The minimum atomic E-state index is -0.379. The summed E-state index contributed by atoms with van der Waals surface area (Å²) in [5.74, 6) is 1.15. The average Bonchev–Trinajstić information content (AvgIpc) is 3.31. The molecule has 1 aromatic heterocycles. The van der Waals surface area contributed by atoms with E-state index in [0.29, 0.717) is 24.6 Å². The van der Waals surface area contributed by atoms with Crippen LogP contribution in [0.5, 0.6) is 17.2 Å². The third kappa shape index (κ3) is 3.53. The van der Waals surface area contributed by atoms with Gasteiger partial charge in [-0.15, -0.1) is 0 Å². The van der Waals surface area contributed by atoms with Gasteiger partial charge in [0.05, 0.1) is 17.7 Å². The standard InChI is InChI=1S/C19H22N4O5/c1-11-3-18(22-9-21-11)23-8-13(26-2)4-12(23)7-20-19(25)14-5-16-17(6-15(14)24)28-10-27-16/h3,5-6,9,12-13,24H,4,7-8,10H2,1-2H3,(H,20,25)/t12-,13-/m0/s1. The van der Waals surface area contributed by atoms with Crippen LogP contribution in [0.3, 0.4) is 0 Å². The molecule has 2 aliphatic heterocycles. The summed E-state index contributed by atoms with van der Waals surface area (Å²) in [5, 5.41) is 13.0. The fraction of sp³-hybridized carbons (Fsp3) is 0.421. The number of aromatic nitrogens is 2. The number of nitrogens with one attached hydrogen (secondary N) is 1. The van der Waals surface area contributed by atoms with Gasteiger partial charge in [0.1, 0.15) is 17.9 Å². The van der Waals surface area contributed by atoms with Gasteiger partial charge >= 0.3 is 0 Å². The summed E-state index contributed by atoms with van der Waals surface area (Å²) >= 11 is 0. The number of aryl methyl sites for hydroxylation is 1. The van der Waals surface area contributed by atoms with Crippen LogP contribution in [0.15, 0.2) is 24.5 Å². The Balaban J connectivity index is 1.47. The summed E-state index contributed by atoms with van der Waals surface area (Å²) < 4.78 is 16.0. The number of carbonyl (C=O) groups is 1. The second-order valence-corrected chi connectivity index (χ2v) is 6.85. The lowest BCUT2D eigenvalue weighted by Crippen LogP contribution is -2.40. The highest BCUT2D eigenvalue weighted by atomic mass is 16.7. The molecule has 0 bridgehead atoms. The Kier molecular flexibility index (Phi) is 4.91. The third-order valence-electron chi connectivity index (χ3n) is 5.03. The summed E-state index contributed by atoms with van der Waals surface area (Å²) in [6, 6.07) is 4.81. The lowest BCUT2D eigenvalue weighted by atomic mass is 10.1. The van der Waals surface area contributed by atoms with E-state index in [1.165, 1.54) is 18.5 Å². The summed E-state index contributed by atoms with van der Waals surface area (Å²) in [6.45, 7) is 3.06. The molecule has 28 heavy (non-hydrogen) atoms. The molecule has 1 fully saturated rings. The molecule has 9 heteroatoms. The van der Waals surface area contributed by atoms with E-state index in [1.54, 1.807) is 7.11 Å². The molecule has 1 aromatic carbocycles. The molecule has 1 amide bonds. The number of phenolic OH excluding ortho intramolecular Hbond substituents is 1. The normalized spacial score (nSPS) is 20.4. The number of ether oxygens (including phenoxy) is 3. The van der Waals surface area contributed by atoms with Gasteiger partial charge in [0.2, 0.25) is 6.79 Å². The number of rotatable bonds is 5. The van der Waals surface area contributed by atoms with E-state index >= 15 is 0 Å². The fourth-order valence-corrected chi connectivity index (χ4v) is 3.53. The number of hydrogen-bond acceptors (Lipinski definition) is 8. The van der Waals surface area contributed by atoms with Crippen LogP contribution in [-0.2, 0) is 4.74 Å². The smallest absolute Gasteiger partial charge is 0.255 e. The van der Waals surface area contributed by atoms with Gasteiger partial charge in [-0.3, -0.25) is 4.79 Å². The molecule has 1 saturated heterocycles. The van der Waals surface area contributed by atoms with Gasteiger partial charge in [0.25, 0.3) is 5.91 Å². The van der Waals surface area contributed by atoms with Crippen molar-refractivity contribution in [1.82, 2.24) is 15.3 Å². The Hall–Kier alpha value is -3.07. The number of hydrogen-bond donors (Lipinski definition) is 2. The number of methoxy groups -OCH3 is 1. The van der Waals surface area contributed by atoms with Crippen LogP contribution in [-0.4, -0.2) is 60.1 Å². The molecule has 3 heterocycles. The van der Waals surface area contributed by atoms with Crippen molar-refractivity contribution in [2.45, 2.75) is 25.5 Å². The SMILES string of the molecule is CO[C@H]1C[C@@H](CNC(=O)c2cc3c(cc2O)OCO3)N(c2cc(C)ncn2)C1. The minimum absolute atomic E-state index is 0.0133. The van der Waals surface area contributed by atoms with Crippen LogP contribution in [0, 0.1) is 6.92 Å². The monoisotopic (exact) mass is 386 g/mol. The van der Waals surface area contributed by atoms with E-state index in [-0.39, 0.29) is 36.2 Å².